The van der Waals surface area contributed by atoms with Crippen molar-refractivity contribution in [3.05, 3.63) is 24.3 Å². The molecule has 2 nitrogen and oxygen atoms in total. The van der Waals surface area contributed by atoms with Gasteiger partial charge in [0.2, 0.25) is 0 Å². The van der Waals surface area contributed by atoms with Gasteiger partial charge >= 0.3 is 5.97 Å². The zero-order valence-electron chi connectivity index (χ0n) is 13.9. The first-order chi connectivity index (χ1) is 9.70. The van der Waals surface area contributed by atoms with E-state index in [-0.39, 0.29) is 28.3 Å². The van der Waals surface area contributed by atoms with Crippen molar-refractivity contribution in [3.63, 3.8) is 0 Å². The molecule has 3 aliphatic rings. The Morgan fingerprint density at radius 2 is 1.95 bits per heavy atom. The third-order valence-corrected chi connectivity index (χ3v) is 6.62. The summed E-state index contributed by atoms with van der Waals surface area (Å²) in [5, 5.41) is 0. The third kappa shape index (κ3) is 2.18. The normalized spacial score (nSPS) is 45.0. The van der Waals surface area contributed by atoms with E-state index in [2.05, 4.69) is 40.3 Å². The van der Waals surface area contributed by atoms with Crippen molar-refractivity contribution < 1.29 is 9.53 Å². The molecule has 0 N–H and O–H groups in total. The van der Waals surface area contributed by atoms with E-state index < -0.39 is 0 Å². The summed E-state index contributed by atoms with van der Waals surface area (Å²) in [4.78, 5) is 11.9. The standard InChI is InChI=1S/C19H28O2/c1-6-18(4)9-10-19(5)13(12-18)7-8-17(2,3)16-14(19)11-15(20)21-16/h6,11,13,16H,1,7-10,12H2,2-5H3. The van der Waals surface area contributed by atoms with Crippen molar-refractivity contribution in [2.24, 2.45) is 22.2 Å². The van der Waals surface area contributed by atoms with Crippen LogP contribution in [0.15, 0.2) is 24.3 Å². The van der Waals surface area contributed by atoms with Crippen molar-refractivity contribution in [1.29, 1.82) is 0 Å². The smallest absolute Gasteiger partial charge is 0.331 e. The first-order valence-corrected chi connectivity index (χ1v) is 8.26. The van der Waals surface area contributed by atoms with Crippen LogP contribution in [0.25, 0.3) is 0 Å². The van der Waals surface area contributed by atoms with Crippen LogP contribution in [0.5, 0.6) is 0 Å². The summed E-state index contributed by atoms with van der Waals surface area (Å²) in [6.07, 6.45) is 9.74. The molecule has 2 fully saturated rings. The maximum atomic E-state index is 11.9. The fourth-order valence-electron chi connectivity index (χ4n) is 4.76. The minimum absolute atomic E-state index is 0.0203. The van der Waals surface area contributed by atoms with Crippen molar-refractivity contribution in [2.75, 3.05) is 0 Å². The Balaban J connectivity index is 2.03. The second-order valence-electron chi connectivity index (χ2n) is 8.62. The molecule has 0 amide bonds. The lowest BCUT2D eigenvalue weighted by Gasteiger charge is -2.48. The maximum Gasteiger partial charge on any atom is 0.331 e. The molecule has 2 aliphatic carbocycles. The molecule has 0 aromatic rings. The van der Waals surface area contributed by atoms with Crippen LogP contribution in [0.3, 0.4) is 0 Å². The molecule has 1 aliphatic heterocycles. The monoisotopic (exact) mass is 288 g/mol. The van der Waals surface area contributed by atoms with Gasteiger partial charge in [0.1, 0.15) is 6.10 Å². The second-order valence-corrected chi connectivity index (χ2v) is 8.62. The van der Waals surface area contributed by atoms with E-state index in [0.29, 0.717) is 5.92 Å². The number of carbonyl (C=O) groups excluding carboxylic acids is 1. The largest absolute Gasteiger partial charge is 0.454 e. The maximum absolute atomic E-state index is 11.9. The van der Waals surface area contributed by atoms with Crippen LogP contribution in [-0.4, -0.2) is 12.1 Å². The number of hydrogen-bond acceptors (Lipinski definition) is 2. The van der Waals surface area contributed by atoms with Crippen LogP contribution < -0.4 is 0 Å². The zero-order chi connectivity index (χ0) is 15.5. The van der Waals surface area contributed by atoms with Gasteiger partial charge in [0.15, 0.2) is 0 Å². The van der Waals surface area contributed by atoms with Crippen LogP contribution in [0.1, 0.15) is 59.8 Å². The third-order valence-electron chi connectivity index (χ3n) is 6.62. The molecule has 0 aromatic heterocycles. The molecular formula is C19H28O2. The summed E-state index contributed by atoms with van der Waals surface area (Å²) in [6, 6.07) is 0. The van der Waals surface area contributed by atoms with Gasteiger partial charge in [-0.2, -0.15) is 0 Å². The highest BCUT2D eigenvalue weighted by Gasteiger charge is 2.55. The van der Waals surface area contributed by atoms with E-state index in [0.717, 1.165) is 19.3 Å². The predicted molar refractivity (Wildman–Crippen MR) is 84.7 cm³/mol. The number of fused-ring (bicyclic) bond motifs is 3. The van der Waals surface area contributed by atoms with Crippen molar-refractivity contribution in [3.8, 4) is 0 Å². The van der Waals surface area contributed by atoms with Crippen LogP contribution in [-0.2, 0) is 9.53 Å². The molecule has 0 saturated heterocycles. The van der Waals surface area contributed by atoms with Crippen LogP contribution in [0.2, 0.25) is 0 Å². The zero-order valence-corrected chi connectivity index (χ0v) is 13.9. The van der Waals surface area contributed by atoms with Gasteiger partial charge in [-0.15, -0.1) is 6.58 Å². The highest BCUT2D eigenvalue weighted by atomic mass is 16.5. The fraction of sp³-hybridized carbons (Fsp3) is 0.737. The molecule has 21 heavy (non-hydrogen) atoms. The Hall–Kier alpha value is -1.05. The Bertz CT molecular complexity index is 516. The Kier molecular flexibility index (Phi) is 3.17. The highest BCUT2D eigenvalue weighted by molar-refractivity contribution is 5.86. The summed E-state index contributed by atoms with van der Waals surface area (Å²) >= 11 is 0. The van der Waals surface area contributed by atoms with Crippen LogP contribution in [0, 0.1) is 22.2 Å². The molecule has 2 saturated carbocycles. The van der Waals surface area contributed by atoms with Crippen molar-refractivity contribution in [2.45, 2.75) is 65.9 Å². The first-order valence-electron chi connectivity index (χ1n) is 8.26. The molecule has 4 unspecified atom stereocenters. The lowest BCUT2D eigenvalue weighted by molar-refractivity contribution is -0.143. The Morgan fingerprint density at radius 1 is 1.24 bits per heavy atom. The number of ether oxygens (including phenoxy) is 1. The topological polar surface area (TPSA) is 26.3 Å². The molecule has 0 spiro atoms. The SMILES string of the molecule is C=CC1(C)CCC2(C)C3=CC(=O)OC3C(C)(C)CCC2C1. The van der Waals surface area contributed by atoms with Gasteiger partial charge in [-0.3, -0.25) is 0 Å². The molecule has 0 bridgehead atoms. The summed E-state index contributed by atoms with van der Waals surface area (Å²) < 4.78 is 5.70. The molecular weight excluding hydrogens is 260 g/mol. The Labute approximate surface area is 128 Å². The number of esters is 1. The lowest BCUT2D eigenvalue weighted by Crippen LogP contribution is -2.41. The van der Waals surface area contributed by atoms with Crippen LogP contribution in [0.4, 0.5) is 0 Å². The van der Waals surface area contributed by atoms with Gasteiger partial charge < -0.3 is 4.74 Å². The Morgan fingerprint density at radius 3 is 2.62 bits per heavy atom. The molecule has 1 heterocycles. The number of hydrogen-bond donors (Lipinski definition) is 0. The van der Waals surface area contributed by atoms with Gasteiger partial charge in [0.05, 0.1) is 0 Å². The van der Waals surface area contributed by atoms with Gasteiger partial charge in [-0.1, -0.05) is 33.8 Å². The molecule has 0 aromatic carbocycles. The summed E-state index contributed by atoms with van der Waals surface area (Å²) in [5.41, 5.74) is 1.68. The second kappa shape index (κ2) is 4.47. The quantitative estimate of drug-likeness (QED) is 0.518. The number of allylic oxidation sites excluding steroid dienone is 1. The predicted octanol–water partition coefficient (Wildman–Crippen LogP) is 4.66. The van der Waals surface area contributed by atoms with E-state index in [9.17, 15) is 4.79 Å². The highest BCUT2D eigenvalue weighted by Crippen LogP contribution is 2.60. The van der Waals surface area contributed by atoms with Crippen LogP contribution >= 0.6 is 0 Å². The molecule has 116 valence electrons. The van der Waals surface area contributed by atoms with E-state index in [1.807, 2.05) is 0 Å². The lowest BCUT2D eigenvalue weighted by atomic mass is 9.56. The minimum Gasteiger partial charge on any atom is -0.454 e. The van der Waals surface area contributed by atoms with E-state index in [1.165, 1.54) is 18.4 Å². The van der Waals surface area contributed by atoms with Gasteiger partial charge in [-0.05, 0) is 54.4 Å². The number of rotatable bonds is 1. The molecule has 3 rings (SSSR count). The average molecular weight is 288 g/mol. The van der Waals surface area contributed by atoms with Gasteiger partial charge in [-0.25, -0.2) is 4.79 Å². The van der Waals surface area contributed by atoms with Gasteiger partial charge in [0, 0.05) is 11.5 Å². The average Bonchev–Trinajstić information content (AvgIpc) is 2.81. The minimum atomic E-state index is -0.137. The first kappa shape index (κ1) is 14.9. The molecule has 2 heteroatoms. The fourth-order valence-corrected chi connectivity index (χ4v) is 4.76. The molecule has 0 radical (unpaired) electrons. The van der Waals surface area contributed by atoms with E-state index >= 15 is 0 Å². The van der Waals surface area contributed by atoms with Gasteiger partial charge in [0.25, 0.3) is 0 Å². The van der Waals surface area contributed by atoms with Crippen molar-refractivity contribution >= 4 is 5.97 Å². The summed E-state index contributed by atoms with van der Waals surface area (Å²) in [5.74, 6) is 0.487. The summed E-state index contributed by atoms with van der Waals surface area (Å²) in [7, 11) is 0. The van der Waals surface area contributed by atoms with E-state index in [1.54, 1.807) is 6.08 Å². The molecule has 4 atom stereocenters. The van der Waals surface area contributed by atoms with E-state index in [4.69, 9.17) is 4.74 Å². The van der Waals surface area contributed by atoms with Crippen molar-refractivity contribution in [1.82, 2.24) is 0 Å². The summed E-state index contributed by atoms with van der Waals surface area (Å²) in [6.45, 7) is 13.2. The number of carbonyl (C=O) groups is 1.